The molecule has 0 heterocycles. The van der Waals surface area contributed by atoms with Crippen LogP contribution in [-0.2, 0) is 14.8 Å². The summed E-state index contributed by atoms with van der Waals surface area (Å²) >= 11 is 3.15. The van der Waals surface area contributed by atoms with E-state index in [4.69, 9.17) is 14.9 Å². The van der Waals surface area contributed by atoms with E-state index in [1.807, 2.05) is 4.72 Å². The minimum Gasteiger partial charge on any atom is -0.496 e. The Bertz CT molecular complexity index is 589. The molecule has 0 aromatic heterocycles. The van der Waals surface area contributed by atoms with Crippen LogP contribution >= 0.6 is 15.9 Å². The maximum absolute atomic E-state index is 12.1. The summed E-state index contributed by atoms with van der Waals surface area (Å²) in [5.74, 6) is -0.899. The highest BCUT2D eigenvalue weighted by molar-refractivity contribution is 9.10. The first-order chi connectivity index (χ1) is 9.31. The third kappa shape index (κ3) is 4.17. The first-order valence-corrected chi connectivity index (χ1v) is 7.79. The van der Waals surface area contributed by atoms with Crippen molar-refractivity contribution in [3.05, 3.63) is 22.7 Å². The predicted octanol–water partition coefficient (Wildman–Crippen LogP) is 0.572. The highest BCUT2D eigenvalue weighted by Gasteiger charge is 2.25. The fourth-order valence-corrected chi connectivity index (χ4v) is 3.37. The first kappa shape index (κ1) is 16.9. The molecule has 7 nitrogen and oxygen atoms in total. The van der Waals surface area contributed by atoms with Gasteiger partial charge in [-0.15, -0.1) is 0 Å². The van der Waals surface area contributed by atoms with Crippen molar-refractivity contribution >= 4 is 31.9 Å². The van der Waals surface area contributed by atoms with Gasteiger partial charge in [0.2, 0.25) is 10.0 Å². The summed E-state index contributed by atoms with van der Waals surface area (Å²) < 4.78 is 31.5. The van der Waals surface area contributed by atoms with E-state index in [1.54, 1.807) is 0 Å². The van der Waals surface area contributed by atoms with Crippen molar-refractivity contribution in [3.8, 4) is 5.75 Å². The molecule has 0 fully saturated rings. The molecule has 3 N–H and O–H groups in total. The molecule has 1 aromatic carbocycles. The van der Waals surface area contributed by atoms with Crippen LogP contribution in [0.2, 0.25) is 0 Å². The number of carboxylic acid groups (broad SMARTS) is 1. The number of aliphatic hydroxyl groups is 1. The van der Waals surface area contributed by atoms with Crippen LogP contribution in [0.3, 0.4) is 0 Å². The van der Waals surface area contributed by atoms with Gasteiger partial charge >= 0.3 is 5.97 Å². The zero-order valence-corrected chi connectivity index (χ0v) is 12.9. The van der Waals surface area contributed by atoms with E-state index in [1.165, 1.54) is 25.3 Å². The predicted molar refractivity (Wildman–Crippen MR) is 74.1 cm³/mol. The highest BCUT2D eigenvalue weighted by atomic mass is 79.9. The fraction of sp³-hybridized carbons (Fsp3) is 0.364. The molecule has 0 aliphatic heterocycles. The molecule has 9 heteroatoms. The quantitative estimate of drug-likeness (QED) is 0.649. The molecule has 1 aromatic rings. The van der Waals surface area contributed by atoms with Crippen molar-refractivity contribution in [1.29, 1.82) is 0 Å². The van der Waals surface area contributed by atoms with Crippen LogP contribution in [0.25, 0.3) is 0 Å². The summed E-state index contributed by atoms with van der Waals surface area (Å²) in [5.41, 5.74) is 0. The van der Waals surface area contributed by atoms with Crippen molar-refractivity contribution < 1.29 is 28.2 Å². The molecule has 0 saturated heterocycles. The maximum Gasteiger partial charge on any atom is 0.321 e. The Labute approximate surface area is 124 Å². The topological polar surface area (TPSA) is 113 Å². The van der Waals surface area contributed by atoms with Gasteiger partial charge in [-0.05, 0) is 40.5 Å². The van der Waals surface area contributed by atoms with E-state index < -0.39 is 28.6 Å². The number of halogens is 1. The average molecular weight is 368 g/mol. The largest absolute Gasteiger partial charge is 0.496 e. The van der Waals surface area contributed by atoms with Gasteiger partial charge in [-0.25, -0.2) is 8.42 Å². The van der Waals surface area contributed by atoms with Gasteiger partial charge in [-0.3, -0.25) is 4.79 Å². The van der Waals surface area contributed by atoms with Gasteiger partial charge in [0.15, 0.2) is 0 Å². The van der Waals surface area contributed by atoms with Gasteiger partial charge in [0.1, 0.15) is 11.8 Å². The molecule has 0 saturated carbocycles. The number of benzene rings is 1. The Morgan fingerprint density at radius 1 is 1.50 bits per heavy atom. The molecule has 20 heavy (non-hydrogen) atoms. The summed E-state index contributed by atoms with van der Waals surface area (Å²) in [6.07, 6.45) is -0.216. The molecular weight excluding hydrogens is 354 g/mol. The number of ether oxygens (including phenoxy) is 1. The SMILES string of the molecule is COc1ccc(S(=O)(=O)N[C@H](CCO)C(=O)O)cc1Br. The smallest absolute Gasteiger partial charge is 0.321 e. The fourth-order valence-electron chi connectivity index (χ4n) is 1.43. The van der Waals surface area contributed by atoms with Crippen molar-refractivity contribution in [2.75, 3.05) is 13.7 Å². The molecular formula is C11H14BrNO6S. The molecule has 0 aliphatic carbocycles. The number of sulfonamides is 1. The number of hydrogen-bond donors (Lipinski definition) is 3. The van der Waals surface area contributed by atoms with E-state index in [9.17, 15) is 13.2 Å². The summed E-state index contributed by atoms with van der Waals surface area (Å²) in [4.78, 5) is 10.8. The van der Waals surface area contributed by atoms with Gasteiger partial charge in [-0.2, -0.15) is 4.72 Å². The van der Waals surface area contributed by atoms with E-state index in [2.05, 4.69) is 15.9 Å². The number of aliphatic hydroxyl groups excluding tert-OH is 1. The molecule has 1 atom stereocenters. The van der Waals surface area contributed by atoms with Crippen LogP contribution in [0.4, 0.5) is 0 Å². The Balaban J connectivity index is 3.04. The van der Waals surface area contributed by atoms with Crippen molar-refractivity contribution in [3.63, 3.8) is 0 Å². The lowest BCUT2D eigenvalue weighted by molar-refractivity contribution is -0.139. The first-order valence-electron chi connectivity index (χ1n) is 5.51. The van der Waals surface area contributed by atoms with Crippen molar-refractivity contribution in [2.24, 2.45) is 0 Å². The molecule has 0 radical (unpaired) electrons. The second kappa shape index (κ2) is 7.02. The minimum atomic E-state index is -4.00. The molecule has 1 rings (SSSR count). The Kier molecular flexibility index (Phi) is 5.93. The number of carbonyl (C=O) groups is 1. The molecule has 0 spiro atoms. The van der Waals surface area contributed by atoms with Crippen LogP contribution in [0.15, 0.2) is 27.6 Å². The van der Waals surface area contributed by atoms with Crippen LogP contribution in [0, 0.1) is 0 Å². The standard InChI is InChI=1S/C11H14BrNO6S/c1-19-10-3-2-7(6-8(10)12)20(17,18)13-9(4-5-14)11(15)16/h2-3,6,9,13-14H,4-5H2,1H3,(H,15,16)/t9-/m1/s1. The lowest BCUT2D eigenvalue weighted by Crippen LogP contribution is -2.41. The summed E-state index contributed by atoms with van der Waals surface area (Å²) in [6.45, 7) is -0.439. The molecule has 0 aliphatic rings. The third-order valence-corrected chi connectivity index (χ3v) is 4.54. The number of hydrogen-bond acceptors (Lipinski definition) is 5. The summed E-state index contributed by atoms with van der Waals surface area (Å²) in [5, 5.41) is 17.6. The second-order valence-corrected chi connectivity index (χ2v) is 6.39. The molecule has 0 unspecified atom stereocenters. The number of methoxy groups -OCH3 is 1. The van der Waals surface area contributed by atoms with Crippen molar-refractivity contribution in [2.45, 2.75) is 17.4 Å². The van der Waals surface area contributed by atoms with Gasteiger partial charge in [0.25, 0.3) is 0 Å². The van der Waals surface area contributed by atoms with Gasteiger partial charge in [0, 0.05) is 6.61 Å². The Hall–Kier alpha value is -1.16. The Morgan fingerprint density at radius 2 is 2.15 bits per heavy atom. The van der Waals surface area contributed by atoms with Crippen LogP contribution in [0.5, 0.6) is 5.75 Å². The number of nitrogens with one attached hydrogen (secondary N) is 1. The lowest BCUT2D eigenvalue weighted by atomic mass is 10.2. The van der Waals surface area contributed by atoms with Gasteiger partial charge in [0.05, 0.1) is 16.5 Å². The van der Waals surface area contributed by atoms with Crippen LogP contribution < -0.4 is 9.46 Å². The zero-order chi connectivity index (χ0) is 15.3. The monoisotopic (exact) mass is 367 g/mol. The van der Waals surface area contributed by atoms with E-state index in [0.717, 1.165) is 0 Å². The Morgan fingerprint density at radius 3 is 2.60 bits per heavy atom. The maximum atomic E-state index is 12.1. The summed E-state index contributed by atoms with van der Waals surface area (Å²) in [6, 6.07) is 2.66. The zero-order valence-electron chi connectivity index (χ0n) is 10.5. The number of aliphatic carboxylic acids is 1. The van der Waals surface area contributed by atoms with E-state index in [-0.39, 0.29) is 11.3 Å². The van der Waals surface area contributed by atoms with E-state index in [0.29, 0.717) is 10.2 Å². The van der Waals surface area contributed by atoms with Crippen LogP contribution in [-0.4, -0.2) is 44.4 Å². The lowest BCUT2D eigenvalue weighted by Gasteiger charge is -2.14. The molecule has 112 valence electrons. The number of carboxylic acids is 1. The molecule has 0 amide bonds. The summed E-state index contributed by atoms with van der Waals surface area (Å²) in [7, 11) is -2.56. The second-order valence-electron chi connectivity index (χ2n) is 3.82. The molecule has 0 bridgehead atoms. The van der Waals surface area contributed by atoms with Crippen molar-refractivity contribution in [1.82, 2.24) is 4.72 Å². The average Bonchev–Trinajstić information content (AvgIpc) is 2.37. The normalized spacial score (nSPS) is 12.9. The van der Waals surface area contributed by atoms with Gasteiger partial charge in [-0.1, -0.05) is 0 Å². The highest BCUT2D eigenvalue weighted by Crippen LogP contribution is 2.27. The van der Waals surface area contributed by atoms with Gasteiger partial charge < -0.3 is 14.9 Å². The minimum absolute atomic E-state index is 0.102. The number of rotatable bonds is 7. The third-order valence-electron chi connectivity index (χ3n) is 2.45. The van der Waals surface area contributed by atoms with Crippen LogP contribution in [0.1, 0.15) is 6.42 Å². The van der Waals surface area contributed by atoms with E-state index >= 15 is 0 Å².